The number of hydrogen-bond acceptors (Lipinski definition) is 2. The number of carbonyl (C=O) groups excluding carboxylic acids is 2. The zero-order chi connectivity index (χ0) is 16.9. The van der Waals surface area contributed by atoms with E-state index in [1.165, 1.54) is 18.2 Å². The predicted molar refractivity (Wildman–Crippen MR) is 90.5 cm³/mol. The summed E-state index contributed by atoms with van der Waals surface area (Å²) in [4.78, 5) is 24.6. The molecule has 1 aliphatic carbocycles. The van der Waals surface area contributed by atoms with Gasteiger partial charge in [0.05, 0.1) is 0 Å². The predicted octanol–water partition coefficient (Wildman–Crippen LogP) is 3.75. The number of nitrogens with one attached hydrogen (secondary N) is 2. The van der Waals surface area contributed by atoms with Crippen LogP contribution in [0.4, 0.5) is 10.1 Å². The van der Waals surface area contributed by atoms with Gasteiger partial charge in [0.2, 0.25) is 0 Å². The average Bonchev–Trinajstić information content (AvgIpc) is 3.08. The lowest BCUT2D eigenvalue weighted by molar-refractivity contribution is 0.0938. The first-order chi connectivity index (χ1) is 11.6. The lowest BCUT2D eigenvalue weighted by atomic mass is 10.1. The summed E-state index contributed by atoms with van der Waals surface area (Å²) in [5, 5.41) is 5.63. The van der Waals surface area contributed by atoms with Crippen LogP contribution in [0.3, 0.4) is 0 Å². The van der Waals surface area contributed by atoms with E-state index >= 15 is 0 Å². The Morgan fingerprint density at radius 1 is 0.917 bits per heavy atom. The highest BCUT2D eigenvalue weighted by Crippen LogP contribution is 2.18. The lowest BCUT2D eigenvalue weighted by Gasteiger charge is -2.12. The highest BCUT2D eigenvalue weighted by Gasteiger charge is 2.18. The first-order valence-corrected chi connectivity index (χ1v) is 8.10. The summed E-state index contributed by atoms with van der Waals surface area (Å²) in [7, 11) is 0. The van der Waals surface area contributed by atoms with E-state index in [2.05, 4.69) is 10.6 Å². The molecule has 124 valence electrons. The van der Waals surface area contributed by atoms with Gasteiger partial charge >= 0.3 is 0 Å². The number of hydrogen-bond donors (Lipinski definition) is 2. The first kappa shape index (κ1) is 16.2. The van der Waals surface area contributed by atoms with Crippen molar-refractivity contribution in [1.82, 2.24) is 5.32 Å². The van der Waals surface area contributed by atoms with Crippen LogP contribution in [-0.4, -0.2) is 17.9 Å². The number of amides is 2. The molecule has 4 nitrogen and oxygen atoms in total. The Balaban J connectivity index is 1.69. The van der Waals surface area contributed by atoms with Crippen molar-refractivity contribution >= 4 is 17.5 Å². The summed E-state index contributed by atoms with van der Waals surface area (Å²) in [5.74, 6) is -0.962. The molecule has 0 aromatic heterocycles. The minimum Gasteiger partial charge on any atom is -0.349 e. The van der Waals surface area contributed by atoms with E-state index in [4.69, 9.17) is 0 Å². The number of benzene rings is 2. The van der Waals surface area contributed by atoms with Crippen molar-refractivity contribution in [2.24, 2.45) is 0 Å². The normalized spacial score (nSPS) is 14.4. The maximum Gasteiger partial charge on any atom is 0.255 e. The second-order valence-corrected chi connectivity index (χ2v) is 6.00. The number of rotatable bonds is 4. The van der Waals surface area contributed by atoms with E-state index < -0.39 is 5.82 Å². The molecule has 0 aliphatic heterocycles. The standard InChI is InChI=1S/C19H19FN2O2/c20-15-7-4-10-17(12-15)22-19(24)14-6-3-5-13(11-14)18(23)21-16-8-1-2-9-16/h3-7,10-12,16H,1-2,8-9H2,(H,21,23)(H,22,24). The molecule has 0 heterocycles. The molecule has 5 heteroatoms. The van der Waals surface area contributed by atoms with E-state index in [9.17, 15) is 14.0 Å². The van der Waals surface area contributed by atoms with Gasteiger partial charge in [0.1, 0.15) is 5.82 Å². The molecule has 2 amide bonds. The van der Waals surface area contributed by atoms with Crippen molar-refractivity contribution < 1.29 is 14.0 Å². The first-order valence-electron chi connectivity index (χ1n) is 8.10. The Hall–Kier alpha value is -2.69. The molecule has 0 atom stereocenters. The maximum absolute atomic E-state index is 13.2. The van der Waals surface area contributed by atoms with Crippen molar-refractivity contribution in [3.8, 4) is 0 Å². The minimum atomic E-state index is -0.419. The molecule has 0 spiro atoms. The van der Waals surface area contributed by atoms with Gasteiger partial charge in [0.25, 0.3) is 11.8 Å². The topological polar surface area (TPSA) is 58.2 Å². The summed E-state index contributed by atoms with van der Waals surface area (Å²) in [6.45, 7) is 0. The van der Waals surface area contributed by atoms with E-state index in [0.717, 1.165) is 25.7 Å². The third kappa shape index (κ3) is 3.98. The summed E-state index contributed by atoms with van der Waals surface area (Å²) in [5.41, 5.74) is 1.19. The Morgan fingerprint density at radius 2 is 1.58 bits per heavy atom. The molecule has 1 aliphatic rings. The van der Waals surface area contributed by atoms with Crippen LogP contribution >= 0.6 is 0 Å². The monoisotopic (exact) mass is 326 g/mol. The highest BCUT2D eigenvalue weighted by atomic mass is 19.1. The second kappa shape index (κ2) is 7.25. The lowest BCUT2D eigenvalue weighted by Crippen LogP contribution is -2.32. The highest BCUT2D eigenvalue weighted by molar-refractivity contribution is 6.06. The Kier molecular flexibility index (Phi) is 4.89. The molecule has 2 aromatic carbocycles. The molecule has 2 aromatic rings. The quantitative estimate of drug-likeness (QED) is 0.899. The van der Waals surface area contributed by atoms with Crippen LogP contribution in [0.1, 0.15) is 46.4 Å². The van der Waals surface area contributed by atoms with E-state index in [1.807, 2.05) is 0 Å². The van der Waals surface area contributed by atoms with Crippen LogP contribution in [0, 0.1) is 5.82 Å². The summed E-state index contributed by atoms with van der Waals surface area (Å²) in [6, 6.07) is 12.4. The van der Waals surface area contributed by atoms with E-state index in [0.29, 0.717) is 16.8 Å². The fourth-order valence-electron chi connectivity index (χ4n) is 2.91. The van der Waals surface area contributed by atoms with Crippen LogP contribution < -0.4 is 10.6 Å². The summed E-state index contributed by atoms with van der Waals surface area (Å²) < 4.78 is 13.2. The van der Waals surface area contributed by atoms with Gasteiger partial charge in [-0.05, 0) is 49.2 Å². The third-order valence-corrected chi connectivity index (χ3v) is 4.16. The van der Waals surface area contributed by atoms with E-state index in [-0.39, 0.29) is 17.9 Å². The fraction of sp³-hybridized carbons (Fsp3) is 0.263. The van der Waals surface area contributed by atoms with Crippen molar-refractivity contribution in [2.45, 2.75) is 31.7 Å². The van der Waals surface area contributed by atoms with Gasteiger partial charge in [0.15, 0.2) is 0 Å². The van der Waals surface area contributed by atoms with Crippen molar-refractivity contribution in [3.63, 3.8) is 0 Å². The molecular weight excluding hydrogens is 307 g/mol. The van der Waals surface area contributed by atoms with E-state index in [1.54, 1.807) is 30.3 Å². The molecule has 0 unspecified atom stereocenters. The van der Waals surface area contributed by atoms with Crippen molar-refractivity contribution in [2.75, 3.05) is 5.32 Å². The van der Waals surface area contributed by atoms with Crippen molar-refractivity contribution in [1.29, 1.82) is 0 Å². The molecule has 0 saturated heterocycles. The largest absolute Gasteiger partial charge is 0.349 e. The molecule has 2 N–H and O–H groups in total. The van der Waals surface area contributed by atoms with Gasteiger partial charge in [-0.1, -0.05) is 25.0 Å². The Bertz CT molecular complexity index is 755. The Labute approximate surface area is 140 Å². The number of halogens is 1. The van der Waals surface area contributed by atoms with Gasteiger partial charge in [-0.3, -0.25) is 9.59 Å². The van der Waals surface area contributed by atoms with Crippen molar-refractivity contribution in [3.05, 3.63) is 65.5 Å². The van der Waals surface area contributed by atoms with Gasteiger partial charge < -0.3 is 10.6 Å². The number of anilines is 1. The molecular formula is C19H19FN2O2. The Morgan fingerprint density at radius 3 is 2.29 bits per heavy atom. The van der Waals surface area contributed by atoms with Crippen LogP contribution in [0.15, 0.2) is 48.5 Å². The average molecular weight is 326 g/mol. The zero-order valence-electron chi connectivity index (χ0n) is 13.2. The zero-order valence-corrected chi connectivity index (χ0v) is 13.2. The summed E-state index contributed by atoms with van der Waals surface area (Å²) in [6.07, 6.45) is 4.29. The third-order valence-electron chi connectivity index (χ3n) is 4.16. The minimum absolute atomic E-state index is 0.165. The molecule has 1 saturated carbocycles. The molecule has 1 fully saturated rings. The molecule has 24 heavy (non-hydrogen) atoms. The SMILES string of the molecule is O=C(Nc1cccc(F)c1)c1cccc(C(=O)NC2CCCC2)c1. The number of carbonyl (C=O) groups is 2. The van der Waals surface area contributed by atoms with Gasteiger partial charge in [0, 0.05) is 22.9 Å². The van der Waals surface area contributed by atoms with Crippen LogP contribution in [-0.2, 0) is 0 Å². The van der Waals surface area contributed by atoms with Crippen LogP contribution in [0.25, 0.3) is 0 Å². The van der Waals surface area contributed by atoms with Gasteiger partial charge in [-0.25, -0.2) is 4.39 Å². The maximum atomic E-state index is 13.2. The fourth-order valence-corrected chi connectivity index (χ4v) is 2.91. The van der Waals surface area contributed by atoms with Crippen LogP contribution in [0.5, 0.6) is 0 Å². The molecule has 0 bridgehead atoms. The molecule has 3 rings (SSSR count). The smallest absolute Gasteiger partial charge is 0.255 e. The van der Waals surface area contributed by atoms with Crippen LogP contribution in [0.2, 0.25) is 0 Å². The van der Waals surface area contributed by atoms with Gasteiger partial charge in [-0.2, -0.15) is 0 Å². The second-order valence-electron chi connectivity index (χ2n) is 6.00. The molecule has 0 radical (unpaired) electrons. The van der Waals surface area contributed by atoms with Gasteiger partial charge in [-0.15, -0.1) is 0 Å². The summed E-state index contributed by atoms with van der Waals surface area (Å²) >= 11 is 0.